The number of anilines is 1. The van der Waals surface area contributed by atoms with Crippen LogP contribution >= 0.6 is 11.8 Å². The van der Waals surface area contributed by atoms with Crippen molar-refractivity contribution in [2.45, 2.75) is 98.4 Å². The minimum atomic E-state index is -0.928. The highest BCUT2D eigenvalue weighted by atomic mass is 32.2. The Hall–Kier alpha value is -3.52. The average molecular weight is 634 g/mol. The Morgan fingerprint density at radius 1 is 0.867 bits per heavy atom. The summed E-state index contributed by atoms with van der Waals surface area (Å²) in [6.45, 7) is 15.7. The van der Waals surface area contributed by atoms with Crippen molar-refractivity contribution in [3.05, 3.63) is 77.4 Å². The van der Waals surface area contributed by atoms with Crippen molar-refractivity contribution >= 4 is 46.1 Å². The Kier molecular flexibility index (Phi) is 12.9. The summed E-state index contributed by atoms with van der Waals surface area (Å²) in [5.74, 6) is 0.461. The van der Waals surface area contributed by atoms with Gasteiger partial charge in [-0.2, -0.15) is 11.8 Å². The third-order valence-corrected chi connectivity index (χ3v) is 8.53. The quantitative estimate of drug-likeness (QED) is 0.197. The SMILES string of the molecule is CSCCC(NC(=O)OC(C)(C)C)C(=O)N(C(C)CCC(C)C)C(C(=O)Nc1ccc2ccccc2c1)c1ccc(C)c(C)c1. The van der Waals surface area contributed by atoms with E-state index in [0.29, 0.717) is 30.2 Å². The van der Waals surface area contributed by atoms with Crippen LogP contribution in [0.5, 0.6) is 0 Å². The van der Waals surface area contributed by atoms with E-state index in [4.69, 9.17) is 4.74 Å². The third-order valence-electron chi connectivity index (χ3n) is 7.88. The molecule has 0 saturated carbocycles. The summed E-state index contributed by atoms with van der Waals surface area (Å²) in [6, 6.07) is 17.6. The van der Waals surface area contributed by atoms with Crippen LogP contribution in [0.2, 0.25) is 0 Å². The number of aryl methyl sites for hydroxylation is 2. The van der Waals surface area contributed by atoms with E-state index in [-0.39, 0.29) is 17.9 Å². The second-order valence-corrected chi connectivity index (χ2v) is 14.3. The number of hydrogen-bond donors (Lipinski definition) is 2. The Balaban J connectivity index is 2.11. The van der Waals surface area contributed by atoms with Crippen molar-refractivity contribution < 1.29 is 19.1 Å². The molecule has 244 valence electrons. The number of benzene rings is 3. The van der Waals surface area contributed by atoms with Gasteiger partial charge in [0.1, 0.15) is 17.7 Å². The first-order valence-electron chi connectivity index (χ1n) is 15.9. The molecule has 0 bridgehead atoms. The maximum absolute atomic E-state index is 14.7. The van der Waals surface area contributed by atoms with Gasteiger partial charge in [0, 0.05) is 11.7 Å². The number of nitrogens with zero attached hydrogens (tertiary/aromatic N) is 1. The number of ether oxygens (including phenoxy) is 1. The number of fused-ring (bicyclic) bond motifs is 1. The Morgan fingerprint density at radius 3 is 2.18 bits per heavy atom. The van der Waals surface area contributed by atoms with Crippen LogP contribution in [0.4, 0.5) is 10.5 Å². The van der Waals surface area contributed by atoms with Crippen molar-refractivity contribution in [3.8, 4) is 0 Å². The van der Waals surface area contributed by atoms with Gasteiger partial charge in [-0.3, -0.25) is 9.59 Å². The number of amides is 3. The fraction of sp³-hybridized carbons (Fsp3) is 0.486. The molecule has 0 fully saturated rings. The van der Waals surface area contributed by atoms with Crippen LogP contribution in [0.25, 0.3) is 10.8 Å². The number of rotatable bonds is 13. The molecule has 3 amide bonds. The monoisotopic (exact) mass is 633 g/mol. The maximum Gasteiger partial charge on any atom is 0.408 e. The van der Waals surface area contributed by atoms with Gasteiger partial charge in [-0.25, -0.2) is 4.79 Å². The first-order chi connectivity index (χ1) is 21.2. The van der Waals surface area contributed by atoms with Gasteiger partial charge < -0.3 is 20.3 Å². The number of alkyl carbamates (subject to hydrolysis) is 1. The maximum atomic E-state index is 14.7. The molecule has 7 nitrogen and oxygen atoms in total. The summed E-state index contributed by atoms with van der Waals surface area (Å²) in [7, 11) is 0. The molecule has 3 aromatic carbocycles. The van der Waals surface area contributed by atoms with Gasteiger partial charge in [0.05, 0.1) is 0 Å². The number of hydrogen-bond acceptors (Lipinski definition) is 5. The molecular formula is C37H51N3O4S. The molecule has 0 spiro atoms. The zero-order chi connectivity index (χ0) is 33.3. The van der Waals surface area contributed by atoms with Crippen LogP contribution < -0.4 is 10.6 Å². The third kappa shape index (κ3) is 10.5. The lowest BCUT2D eigenvalue weighted by Gasteiger charge is -2.39. The summed E-state index contributed by atoms with van der Waals surface area (Å²) >= 11 is 1.60. The van der Waals surface area contributed by atoms with E-state index < -0.39 is 23.8 Å². The van der Waals surface area contributed by atoms with E-state index in [2.05, 4.69) is 24.5 Å². The lowest BCUT2D eigenvalue weighted by molar-refractivity contribution is -0.143. The van der Waals surface area contributed by atoms with Crippen molar-refractivity contribution in [3.63, 3.8) is 0 Å². The molecule has 0 aliphatic rings. The molecule has 3 atom stereocenters. The topological polar surface area (TPSA) is 87.7 Å². The number of carbonyl (C=O) groups excluding carboxylic acids is 3. The smallest absolute Gasteiger partial charge is 0.408 e. The fourth-order valence-corrected chi connectivity index (χ4v) is 5.76. The van der Waals surface area contributed by atoms with Crippen LogP contribution in [0.15, 0.2) is 60.7 Å². The Labute approximate surface area is 273 Å². The Bertz CT molecular complexity index is 1470. The second-order valence-electron chi connectivity index (χ2n) is 13.3. The molecule has 3 aromatic rings. The second kappa shape index (κ2) is 16.2. The van der Waals surface area contributed by atoms with Gasteiger partial charge in [-0.15, -0.1) is 0 Å². The van der Waals surface area contributed by atoms with Crippen LogP contribution in [0, 0.1) is 19.8 Å². The predicted octanol–water partition coefficient (Wildman–Crippen LogP) is 8.44. The highest BCUT2D eigenvalue weighted by molar-refractivity contribution is 7.98. The molecule has 0 aromatic heterocycles. The van der Waals surface area contributed by atoms with Crippen LogP contribution in [0.1, 0.15) is 83.5 Å². The highest BCUT2D eigenvalue weighted by Crippen LogP contribution is 2.31. The number of thioether (sulfide) groups is 1. The van der Waals surface area contributed by atoms with Gasteiger partial charge in [0.25, 0.3) is 5.91 Å². The molecule has 8 heteroatoms. The van der Waals surface area contributed by atoms with E-state index >= 15 is 0 Å². The molecule has 0 aliphatic heterocycles. The van der Waals surface area contributed by atoms with Crippen LogP contribution in [-0.2, 0) is 14.3 Å². The van der Waals surface area contributed by atoms with E-state index in [1.807, 2.05) is 87.7 Å². The standard InChI is InChI=1S/C37H51N3O4S/c1-24(2)14-16-27(5)40(35(42)32(20-21-45-9)39-36(43)44-37(6,7)8)33(30-17-15-25(3)26(4)22-30)34(41)38-31-19-18-28-12-10-11-13-29(28)23-31/h10-13,15,17-19,22-24,27,32-33H,14,16,20-21H2,1-9H3,(H,38,41)(H,39,43). The molecule has 0 aliphatic carbocycles. The van der Waals surface area contributed by atoms with Gasteiger partial charge in [-0.05, 0) is 118 Å². The van der Waals surface area contributed by atoms with Gasteiger partial charge >= 0.3 is 6.09 Å². The minimum Gasteiger partial charge on any atom is -0.444 e. The minimum absolute atomic E-state index is 0.286. The van der Waals surface area contributed by atoms with E-state index in [1.54, 1.807) is 37.4 Å². The zero-order valence-corrected chi connectivity index (χ0v) is 29.2. The van der Waals surface area contributed by atoms with Gasteiger partial charge in [-0.1, -0.05) is 62.4 Å². The molecule has 0 heterocycles. The molecule has 45 heavy (non-hydrogen) atoms. The van der Waals surface area contributed by atoms with E-state index in [0.717, 1.165) is 33.9 Å². The first-order valence-corrected chi connectivity index (χ1v) is 17.3. The number of nitrogens with one attached hydrogen (secondary N) is 2. The molecular weight excluding hydrogens is 582 g/mol. The lowest BCUT2D eigenvalue weighted by Crippen LogP contribution is -2.55. The largest absolute Gasteiger partial charge is 0.444 e. The molecule has 0 saturated heterocycles. The number of carbonyl (C=O) groups is 3. The normalized spacial score (nSPS) is 13.6. The van der Waals surface area contributed by atoms with Crippen molar-refractivity contribution in [2.24, 2.45) is 5.92 Å². The predicted molar refractivity (Wildman–Crippen MR) is 188 cm³/mol. The average Bonchev–Trinajstić information content (AvgIpc) is 2.96. The summed E-state index contributed by atoms with van der Waals surface area (Å²) < 4.78 is 5.55. The van der Waals surface area contributed by atoms with E-state index in [9.17, 15) is 14.4 Å². The summed E-state index contributed by atoms with van der Waals surface area (Å²) in [5.41, 5.74) is 2.79. The summed E-state index contributed by atoms with van der Waals surface area (Å²) in [6.07, 6.45) is 3.30. The van der Waals surface area contributed by atoms with Gasteiger partial charge in [0.15, 0.2) is 0 Å². The van der Waals surface area contributed by atoms with Gasteiger partial charge in [0.2, 0.25) is 5.91 Å². The first kappa shape index (κ1) is 36.0. The zero-order valence-electron chi connectivity index (χ0n) is 28.4. The summed E-state index contributed by atoms with van der Waals surface area (Å²) in [4.78, 5) is 43.8. The van der Waals surface area contributed by atoms with Crippen molar-refractivity contribution in [2.75, 3.05) is 17.3 Å². The molecule has 2 N–H and O–H groups in total. The van der Waals surface area contributed by atoms with Crippen LogP contribution in [-0.4, -0.2) is 52.5 Å². The molecule has 3 unspecified atom stereocenters. The van der Waals surface area contributed by atoms with Crippen molar-refractivity contribution in [1.29, 1.82) is 0 Å². The molecule has 0 radical (unpaired) electrons. The Morgan fingerprint density at radius 2 is 1.56 bits per heavy atom. The highest BCUT2D eigenvalue weighted by Gasteiger charge is 2.39. The summed E-state index contributed by atoms with van der Waals surface area (Å²) in [5, 5.41) is 8.06. The van der Waals surface area contributed by atoms with Crippen molar-refractivity contribution in [1.82, 2.24) is 10.2 Å². The fourth-order valence-electron chi connectivity index (χ4n) is 5.29. The molecule has 3 rings (SSSR count). The van der Waals surface area contributed by atoms with Crippen LogP contribution in [0.3, 0.4) is 0 Å². The van der Waals surface area contributed by atoms with E-state index in [1.165, 1.54) is 0 Å². The lowest BCUT2D eigenvalue weighted by atomic mass is 9.95.